The van der Waals surface area contributed by atoms with Gasteiger partial charge in [0, 0.05) is 13.1 Å². The van der Waals surface area contributed by atoms with Gasteiger partial charge >= 0.3 is 0 Å². The maximum atomic E-state index is 4.15. The van der Waals surface area contributed by atoms with E-state index in [9.17, 15) is 0 Å². The van der Waals surface area contributed by atoms with Crippen molar-refractivity contribution in [2.75, 3.05) is 0 Å². The first kappa shape index (κ1) is 11.6. The van der Waals surface area contributed by atoms with Gasteiger partial charge in [0.05, 0.1) is 6.04 Å². The number of nitrogens with zero attached hydrogens (tertiary/aromatic N) is 3. The second-order valence-corrected chi connectivity index (χ2v) is 5.15. The predicted octanol–water partition coefficient (Wildman–Crippen LogP) is 2.04. The fourth-order valence-electron chi connectivity index (χ4n) is 2.54. The zero-order chi connectivity index (χ0) is 11.5. The molecule has 16 heavy (non-hydrogen) atoms. The summed E-state index contributed by atoms with van der Waals surface area (Å²) >= 11 is 0. The Morgan fingerprint density at radius 1 is 1.38 bits per heavy atom. The number of hydrogen-bond acceptors (Lipinski definition) is 3. The van der Waals surface area contributed by atoms with Crippen LogP contribution in [0.4, 0.5) is 0 Å². The summed E-state index contributed by atoms with van der Waals surface area (Å²) < 4.78 is 1.99. The van der Waals surface area contributed by atoms with Gasteiger partial charge in [-0.1, -0.05) is 6.92 Å². The molecule has 1 heterocycles. The number of rotatable bonds is 3. The highest BCUT2D eigenvalue weighted by molar-refractivity contribution is 4.93. The summed E-state index contributed by atoms with van der Waals surface area (Å²) in [7, 11) is 2.00. The minimum Gasteiger partial charge on any atom is -0.319 e. The fraction of sp³-hybridized carbons (Fsp3) is 0.833. The number of aromatic nitrogens is 3. The van der Waals surface area contributed by atoms with Crippen molar-refractivity contribution in [2.45, 2.75) is 51.6 Å². The standard InChI is InChI=1S/C12H22N4/c1-9-4-6-11(7-5-9)14-10(2)12-15-13-8-16(12)3/h8-11,14H,4-7H2,1-3H3. The maximum absolute atomic E-state index is 4.15. The van der Waals surface area contributed by atoms with Crippen molar-refractivity contribution in [1.82, 2.24) is 20.1 Å². The van der Waals surface area contributed by atoms with Gasteiger partial charge in [0.1, 0.15) is 12.2 Å². The Kier molecular flexibility index (Phi) is 3.59. The molecule has 0 spiro atoms. The van der Waals surface area contributed by atoms with Gasteiger partial charge < -0.3 is 9.88 Å². The van der Waals surface area contributed by atoms with Crippen molar-refractivity contribution in [3.05, 3.63) is 12.2 Å². The summed E-state index contributed by atoms with van der Waals surface area (Å²) in [5, 5.41) is 11.7. The van der Waals surface area contributed by atoms with E-state index < -0.39 is 0 Å². The second kappa shape index (κ2) is 4.95. The smallest absolute Gasteiger partial charge is 0.149 e. The lowest BCUT2D eigenvalue weighted by molar-refractivity contribution is 0.287. The van der Waals surface area contributed by atoms with Gasteiger partial charge in [0.25, 0.3) is 0 Å². The largest absolute Gasteiger partial charge is 0.319 e. The van der Waals surface area contributed by atoms with E-state index in [-0.39, 0.29) is 0 Å². The quantitative estimate of drug-likeness (QED) is 0.851. The molecule has 4 heteroatoms. The van der Waals surface area contributed by atoms with E-state index in [1.165, 1.54) is 25.7 Å². The average molecular weight is 222 g/mol. The molecule has 0 amide bonds. The molecule has 0 bridgehead atoms. The Bertz CT molecular complexity index is 326. The molecule has 1 fully saturated rings. The van der Waals surface area contributed by atoms with E-state index in [4.69, 9.17) is 0 Å². The Morgan fingerprint density at radius 2 is 2.06 bits per heavy atom. The highest BCUT2D eigenvalue weighted by atomic mass is 15.3. The van der Waals surface area contributed by atoms with E-state index in [2.05, 4.69) is 29.4 Å². The molecule has 4 nitrogen and oxygen atoms in total. The van der Waals surface area contributed by atoms with Crippen LogP contribution >= 0.6 is 0 Å². The molecule has 2 rings (SSSR count). The molecule has 0 saturated heterocycles. The van der Waals surface area contributed by atoms with E-state index >= 15 is 0 Å². The monoisotopic (exact) mass is 222 g/mol. The van der Waals surface area contributed by atoms with Crippen molar-refractivity contribution in [3.8, 4) is 0 Å². The summed E-state index contributed by atoms with van der Waals surface area (Å²) in [6, 6.07) is 0.953. The van der Waals surface area contributed by atoms with Crippen molar-refractivity contribution < 1.29 is 0 Å². The molecule has 1 aromatic rings. The van der Waals surface area contributed by atoms with Crippen LogP contribution < -0.4 is 5.32 Å². The molecule has 0 radical (unpaired) electrons. The summed E-state index contributed by atoms with van der Waals surface area (Å²) in [5.74, 6) is 1.93. The van der Waals surface area contributed by atoms with E-state index in [0.29, 0.717) is 12.1 Å². The van der Waals surface area contributed by atoms with E-state index in [1.54, 1.807) is 6.33 Å². The van der Waals surface area contributed by atoms with Crippen LogP contribution in [0.25, 0.3) is 0 Å². The highest BCUT2D eigenvalue weighted by Crippen LogP contribution is 2.25. The molecular weight excluding hydrogens is 200 g/mol. The van der Waals surface area contributed by atoms with Crippen molar-refractivity contribution >= 4 is 0 Å². The van der Waals surface area contributed by atoms with Gasteiger partial charge in [-0.3, -0.25) is 0 Å². The topological polar surface area (TPSA) is 42.7 Å². The maximum Gasteiger partial charge on any atom is 0.149 e. The van der Waals surface area contributed by atoms with Crippen LogP contribution in [0.15, 0.2) is 6.33 Å². The van der Waals surface area contributed by atoms with Gasteiger partial charge in [-0.05, 0) is 38.5 Å². The zero-order valence-corrected chi connectivity index (χ0v) is 10.5. The summed E-state index contributed by atoms with van der Waals surface area (Å²) in [4.78, 5) is 0. The van der Waals surface area contributed by atoms with Gasteiger partial charge in [-0.25, -0.2) is 0 Å². The van der Waals surface area contributed by atoms with Crippen molar-refractivity contribution in [2.24, 2.45) is 13.0 Å². The lowest BCUT2D eigenvalue weighted by Crippen LogP contribution is -2.35. The molecule has 1 aliphatic rings. The average Bonchev–Trinajstić information content (AvgIpc) is 2.68. The molecule has 0 aromatic carbocycles. The minimum absolute atomic E-state index is 0.297. The molecule has 1 aliphatic carbocycles. The lowest BCUT2D eigenvalue weighted by Gasteiger charge is -2.29. The molecular formula is C12H22N4. The first-order valence-corrected chi connectivity index (χ1v) is 6.26. The molecule has 0 aliphatic heterocycles. The zero-order valence-electron chi connectivity index (χ0n) is 10.5. The first-order chi connectivity index (χ1) is 7.66. The summed E-state index contributed by atoms with van der Waals surface area (Å²) in [6.07, 6.45) is 7.05. The number of hydrogen-bond donors (Lipinski definition) is 1. The molecule has 1 N–H and O–H groups in total. The third-order valence-corrected chi connectivity index (χ3v) is 3.64. The van der Waals surface area contributed by atoms with Crippen LogP contribution in [0.3, 0.4) is 0 Å². The van der Waals surface area contributed by atoms with Crippen LogP contribution in [-0.4, -0.2) is 20.8 Å². The molecule has 90 valence electrons. The van der Waals surface area contributed by atoms with Crippen molar-refractivity contribution in [3.63, 3.8) is 0 Å². The fourth-order valence-corrected chi connectivity index (χ4v) is 2.54. The normalized spacial score (nSPS) is 27.9. The van der Waals surface area contributed by atoms with E-state index in [1.807, 2.05) is 11.6 Å². The Morgan fingerprint density at radius 3 is 2.62 bits per heavy atom. The van der Waals surface area contributed by atoms with Gasteiger partial charge in [0.2, 0.25) is 0 Å². The van der Waals surface area contributed by atoms with Crippen molar-refractivity contribution in [1.29, 1.82) is 0 Å². The number of nitrogens with one attached hydrogen (secondary N) is 1. The third-order valence-electron chi connectivity index (χ3n) is 3.64. The Balaban J connectivity index is 1.88. The molecule has 1 saturated carbocycles. The van der Waals surface area contributed by atoms with Crippen LogP contribution in [-0.2, 0) is 7.05 Å². The van der Waals surface area contributed by atoms with Gasteiger partial charge in [0.15, 0.2) is 0 Å². The Labute approximate surface area is 97.5 Å². The highest BCUT2D eigenvalue weighted by Gasteiger charge is 2.21. The van der Waals surface area contributed by atoms with Gasteiger partial charge in [-0.15, -0.1) is 10.2 Å². The summed E-state index contributed by atoms with van der Waals surface area (Å²) in [5.41, 5.74) is 0. The SMILES string of the molecule is CC1CCC(NC(C)c2nncn2C)CC1. The van der Waals surface area contributed by atoms with Crippen LogP contribution in [0.2, 0.25) is 0 Å². The van der Waals surface area contributed by atoms with Crippen LogP contribution in [0, 0.1) is 5.92 Å². The van der Waals surface area contributed by atoms with Crippen LogP contribution in [0.1, 0.15) is 51.4 Å². The van der Waals surface area contributed by atoms with Crippen LogP contribution in [0.5, 0.6) is 0 Å². The van der Waals surface area contributed by atoms with E-state index in [0.717, 1.165) is 11.7 Å². The lowest BCUT2D eigenvalue weighted by atomic mass is 9.87. The third kappa shape index (κ3) is 2.61. The van der Waals surface area contributed by atoms with Gasteiger partial charge in [-0.2, -0.15) is 0 Å². The summed E-state index contributed by atoms with van der Waals surface area (Å²) in [6.45, 7) is 4.52. The molecule has 1 aromatic heterocycles. The molecule has 1 atom stereocenters. The second-order valence-electron chi connectivity index (χ2n) is 5.15. The first-order valence-electron chi connectivity index (χ1n) is 6.26. The minimum atomic E-state index is 0.297. The predicted molar refractivity (Wildman–Crippen MR) is 64.0 cm³/mol. The molecule has 1 unspecified atom stereocenters. The Hall–Kier alpha value is -0.900. The number of aryl methyl sites for hydroxylation is 1.